The van der Waals surface area contributed by atoms with Crippen molar-refractivity contribution in [1.29, 1.82) is 0 Å². The lowest BCUT2D eigenvalue weighted by atomic mass is 10.2. The van der Waals surface area contributed by atoms with E-state index in [1.807, 2.05) is 24.3 Å². The van der Waals surface area contributed by atoms with Crippen LogP contribution in [0.3, 0.4) is 0 Å². The van der Waals surface area contributed by atoms with Gasteiger partial charge >= 0.3 is 0 Å². The summed E-state index contributed by atoms with van der Waals surface area (Å²) in [5.74, 6) is 3.05. The highest BCUT2D eigenvalue weighted by Crippen LogP contribution is 2.26. The van der Waals surface area contributed by atoms with Crippen LogP contribution in [0, 0.1) is 12.3 Å². The van der Waals surface area contributed by atoms with Crippen LogP contribution in [0.2, 0.25) is 5.02 Å². The van der Waals surface area contributed by atoms with Crippen LogP contribution >= 0.6 is 23.4 Å². The van der Waals surface area contributed by atoms with Crippen LogP contribution in [0.25, 0.3) is 0 Å². The molecule has 0 fully saturated rings. The summed E-state index contributed by atoms with van der Waals surface area (Å²) in [6, 6.07) is 7.49. The summed E-state index contributed by atoms with van der Waals surface area (Å²) in [5, 5.41) is 0.687. The monoisotopic (exact) mass is 238 g/mol. The molecular formula is C12H11ClOS. The number of benzene rings is 1. The largest absolute Gasteiger partial charge is 0.299 e. The Kier molecular flexibility index (Phi) is 5.31. The first-order valence-corrected chi connectivity index (χ1v) is 5.93. The Balaban J connectivity index is 2.41. The van der Waals surface area contributed by atoms with Crippen molar-refractivity contribution in [2.45, 2.75) is 17.7 Å². The molecule has 0 aliphatic heterocycles. The van der Waals surface area contributed by atoms with Crippen molar-refractivity contribution in [3.8, 4) is 12.3 Å². The average Bonchev–Trinajstić information content (AvgIpc) is 2.25. The Morgan fingerprint density at radius 1 is 1.47 bits per heavy atom. The van der Waals surface area contributed by atoms with Gasteiger partial charge < -0.3 is 0 Å². The van der Waals surface area contributed by atoms with Crippen molar-refractivity contribution in [1.82, 2.24) is 0 Å². The van der Waals surface area contributed by atoms with Gasteiger partial charge in [-0.2, -0.15) is 0 Å². The predicted octanol–water partition coefficient (Wildman–Crippen LogP) is 3.41. The third kappa shape index (κ3) is 4.42. The second-order valence-electron chi connectivity index (χ2n) is 2.96. The smallest absolute Gasteiger partial charge is 0.144 e. The molecule has 0 saturated carbocycles. The maximum Gasteiger partial charge on any atom is 0.144 e. The lowest BCUT2D eigenvalue weighted by molar-refractivity contribution is -0.116. The minimum absolute atomic E-state index is 0.165. The Morgan fingerprint density at radius 3 is 2.87 bits per heavy atom. The fraction of sp³-hybridized carbons (Fsp3) is 0.250. The van der Waals surface area contributed by atoms with Crippen molar-refractivity contribution in [3.05, 3.63) is 29.3 Å². The van der Waals surface area contributed by atoms with Gasteiger partial charge in [0.05, 0.1) is 10.8 Å². The van der Waals surface area contributed by atoms with Gasteiger partial charge in [-0.3, -0.25) is 4.79 Å². The number of terminal acetylenes is 1. The third-order valence-corrected chi connectivity index (χ3v) is 3.35. The number of thioether (sulfide) groups is 1. The first-order valence-electron chi connectivity index (χ1n) is 4.56. The molecule has 1 nitrogen and oxygen atoms in total. The molecule has 0 spiro atoms. The van der Waals surface area contributed by atoms with E-state index in [-0.39, 0.29) is 5.78 Å². The molecule has 0 aromatic heterocycles. The SMILES string of the molecule is C#CCCC(=O)CSc1ccccc1Cl. The number of rotatable bonds is 5. The molecule has 0 saturated heterocycles. The average molecular weight is 239 g/mol. The number of ketones is 1. The Labute approximate surface area is 99.2 Å². The fourth-order valence-electron chi connectivity index (χ4n) is 1.00. The molecule has 78 valence electrons. The molecule has 0 unspecified atom stereocenters. The molecule has 1 aromatic carbocycles. The zero-order valence-corrected chi connectivity index (χ0v) is 9.77. The second kappa shape index (κ2) is 6.55. The molecule has 0 bridgehead atoms. The summed E-state index contributed by atoms with van der Waals surface area (Å²) in [7, 11) is 0. The predicted molar refractivity (Wildman–Crippen MR) is 65.3 cm³/mol. The van der Waals surface area contributed by atoms with Gasteiger partial charge in [0.2, 0.25) is 0 Å². The molecule has 1 rings (SSSR count). The topological polar surface area (TPSA) is 17.1 Å². The van der Waals surface area contributed by atoms with Gasteiger partial charge in [0.1, 0.15) is 5.78 Å². The molecule has 0 atom stereocenters. The van der Waals surface area contributed by atoms with Gasteiger partial charge in [0, 0.05) is 17.7 Å². The van der Waals surface area contributed by atoms with E-state index in [4.69, 9.17) is 18.0 Å². The van der Waals surface area contributed by atoms with Crippen LogP contribution in [-0.2, 0) is 4.79 Å². The highest BCUT2D eigenvalue weighted by atomic mass is 35.5. The Hall–Kier alpha value is -0.910. The van der Waals surface area contributed by atoms with Crippen LogP contribution in [0.1, 0.15) is 12.8 Å². The highest BCUT2D eigenvalue weighted by Gasteiger charge is 2.04. The minimum atomic E-state index is 0.165. The van der Waals surface area contributed by atoms with Gasteiger partial charge in [0.25, 0.3) is 0 Å². The van der Waals surface area contributed by atoms with Crippen molar-refractivity contribution in [2.75, 3.05) is 5.75 Å². The number of halogens is 1. The van der Waals surface area contributed by atoms with E-state index in [0.717, 1.165) is 4.90 Å². The van der Waals surface area contributed by atoms with E-state index in [0.29, 0.717) is 23.6 Å². The fourth-order valence-corrected chi connectivity index (χ4v) is 2.14. The maximum absolute atomic E-state index is 11.3. The van der Waals surface area contributed by atoms with Crippen LogP contribution in [0.5, 0.6) is 0 Å². The standard InChI is InChI=1S/C12H11ClOS/c1-2-3-6-10(14)9-15-12-8-5-4-7-11(12)13/h1,4-5,7-8H,3,6,9H2. The van der Waals surface area contributed by atoms with E-state index in [9.17, 15) is 4.79 Å². The lowest BCUT2D eigenvalue weighted by Gasteiger charge is -2.02. The Bertz CT molecular complexity index is 381. The number of carbonyl (C=O) groups excluding carboxylic acids is 1. The molecule has 0 aliphatic rings. The van der Waals surface area contributed by atoms with Gasteiger partial charge in [-0.1, -0.05) is 23.7 Å². The summed E-state index contributed by atoms with van der Waals surface area (Å²) < 4.78 is 0. The van der Waals surface area contributed by atoms with Crippen molar-refractivity contribution < 1.29 is 4.79 Å². The number of Topliss-reactive ketones (excluding diaryl/α,β-unsaturated/α-hetero) is 1. The van der Waals surface area contributed by atoms with E-state index in [1.54, 1.807) is 0 Å². The van der Waals surface area contributed by atoms with Gasteiger partial charge in [-0.05, 0) is 12.1 Å². The quantitative estimate of drug-likeness (QED) is 0.578. The molecule has 0 radical (unpaired) electrons. The van der Waals surface area contributed by atoms with E-state index in [2.05, 4.69) is 5.92 Å². The third-order valence-electron chi connectivity index (χ3n) is 1.77. The number of hydrogen-bond acceptors (Lipinski definition) is 2. The van der Waals surface area contributed by atoms with Gasteiger partial charge in [-0.15, -0.1) is 24.1 Å². The summed E-state index contributed by atoms with van der Waals surface area (Å²) in [5.41, 5.74) is 0. The van der Waals surface area contributed by atoms with E-state index < -0.39 is 0 Å². The molecule has 0 N–H and O–H groups in total. The molecule has 0 heterocycles. The summed E-state index contributed by atoms with van der Waals surface area (Å²) >= 11 is 7.40. The maximum atomic E-state index is 11.3. The minimum Gasteiger partial charge on any atom is -0.299 e. The van der Waals surface area contributed by atoms with Crippen LogP contribution in [0.4, 0.5) is 0 Å². The van der Waals surface area contributed by atoms with Crippen molar-refractivity contribution in [3.63, 3.8) is 0 Å². The Morgan fingerprint density at radius 2 is 2.20 bits per heavy atom. The first kappa shape index (κ1) is 12.2. The van der Waals surface area contributed by atoms with Gasteiger partial charge in [-0.25, -0.2) is 0 Å². The number of hydrogen-bond donors (Lipinski definition) is 0. The zero-order chi connectivity index (χ0) is 11.1. The van der Waals surface area contributed by atoms with Gasteiger partial charge in [0.15, 0.2) is 0 Å². The van der Waals surface area contributed by atoms with E-state index >= 15 is 0 Å². The van der Waals surface area contributed by atoms with Crippen LogP contribution < -0.4 is 0 Å². The zero-order valence-electron chi connectivity index (χ0n) is 8.20. The molecule has 15 heavy (non-hydrogen) atoms. The highest BCUT2D eigenvalue weighted by molar-refractivity contribution is 8.00. The summed E-state index contributed by atoms with van der Waals surface area (Å²) in [4.78, 5) is 12.3. The van der Waals surface area contributed by atoms with Crippen LogP contribution in [0.15, 0.2) is 29.2 Å². The second-order valence-corrected chi connectivity index (χ2v) is 4.39. The van der Waals surface area contributed by atoms with E-state index in [1.165, 1.54) is 11.8 Å². The molecule has 3 heteroatoms. The summed E-state index contributed by atoms with van der Waals surface area (Å²) in [6.45, 7) is 0. The lowest BCUT2D eigenvalue weighted by Crippen LogP contribution is -2.00. The molecule has 0 aliphatic carbocycles. The van der Waals surface area contributed by atoms with Crippen LogP contribution in [-0.4, -0.2) is 11.5 Å². The van der Waals surface area contributed by atoms with Crippen molar-refractivity contribution >= 4 is 29.1 Å². The number of carbonyl (C=O) groups is 1. The molecule has 0 amide bonds. The molecule has 1 aromatic rings. The van der Waals surface area contributed by atoms with Crippen molar-refractivity contribution in [2.24, 2.45) is 0 Å². The first-order chi connectivity index (χ1) is 7.24. The summed E-state index contributed by atoms with van der Waals surface area (Å²) in [6.07, 6.45) is 6.05. The normalized spacial score (nSPS) is 9.60. The molecular weight excluding hydrogens is 228 g/mol.